The van der Waals surface area contributed by atoms with Crippen LogP contribution in [-0.4, -0.2) is 70.4 Å². The lowest BCUT2D eigenvalue weighted by molar-refractivity contribution is -0.274. The molecule has 3 N–H and O–H groups in total. The first-order valence-electron chi connectivity index (χ1n) is 10.6. The van der Waals surface area contributed by atoms with Crippen molar-refractivity contribution in [1.82, 2.24) is 10.6 Å². The van der Waals surface area contributed by atoms with Gasteiger partial charge in [0.25, 0.3) is 11.8 Å². The second-order valence-corrected chi connectivity index (χ2v) is 9.54. The van der Waals surface area contributed by atoms with E-state index in [2.05, 4.69) is 15.4 Å². The van der Waals surface area contributed by atoms with Crippen molar-refractivity contribution in [3.8, 4) is 17.2 Å². The summed E-state index contributed by atoms with van der Waals surface area (Å²) in [6.45, 7) is -1.06. The zero-order valence-electron chi connectivity index (χ0n) is 19.4. The molecule has 2 aromatic rings. The van der Waals surface area contributed by atoms with Crippen LogP contribution in [0.2, 0.25) is 0 Å². The number of halogens is 4. The average Bonchev–Trinajstić information content (AvgIpc) is 2.79. The number of carbonyl (C=O) groups is 2. The van der Waals surface area contributed by atoms with Crippen LogP contribution < -0.4 is 24.8 Å². The third kappa shape index (κ3) is 11.3. The van der Waals surface area contributed by atoms with Crippen LogP contribution in [0.3, 0.4) is 0 Å². The Kier molecular flexibility index (Phi) is 10.5. The molecule has 0 fully saturated rings. The number of rotatable bonds is 13. The predicted octanol–water partition coefficient (Wildman–Crippen LogP) is 1.57. The Morgan fingerprint density at radius 1 is 0.946 bits per heavy atom. The van der Waals surface area contributed by atoms with Gasteiger partial charge in [0.2, 0.25) is 0 Å². The van der Waals surface area contributed by atoms with Crippen LogP contribution in [-0.2, 0) is 19.4 Å². The van der Waals surface area contributed by atoms with E-state index in [0.29, 0.717) is 0 Å². The summed E-state index contributed by atoms with van der Waals surface area (Å²) in [6, 6.07) is 7.51. The largest absolute Gasteiger partial charge is 0.573 e. The first-order valence-corrected chi connectivity index (χ1v) is 12.4. The Hall–Kier alpha value is -3.59. The normalized spacial score (nSPS) is 12.4. The van der Waals surface area contributed by atoms with Gasteiger partial charge in [-0.2, -0.15) is 0 Å². The minimum Gasteiger partial charge on any atom is -0.484 e. The quantitative estimate of drug-likeness (QED) is 0.318. The maximum absolute atomic E-state index is 13.8. The molecule has 2 amide bonds. The number of amides is 2. The van der Waals surface area contributed by atoms with Gasteiger partial charge in [0, 0.05) is 25.4 Å². The molecule has 0 aliphatic carbocycles. The van der Waals surface area contributed by atoms with Crippen LogP contribution in [0.4, 0.5) is 17.6 Å². The van der Waals surface area contributed by atoms with Crippen molar-refractivity contribution >= 4 is 21.7 Å². The number of nitrogens with one attached hydrogen (secondary N) is 2. The number of hydrogen-bond acceptors (Lipinski definition) is 8. The maximum Gasteiger partial charge on any atom is 0.573 e. The third-order valence-electron chi connectivity index (χ3n) is 4.43. The lowest BCUT2D eigenvalue weighted by Crippen LogP contribution is -2.37. The average molecular weight is 552 g/mol. The number of carbonyl (C=O) groups excluding carboxylic acids is 2. The molecule has 0 aliphatic rings. The van der Waals surface area contributed by atoms with Crippen molar-refractivity contribution < 1.29 is 54.9 Å². The van der Waals surface area contributed by atoms with Gasteiger partial charge in [-0.15, -0.1) is 13.2 Å². The van der Waals surface area contributed by atoms with E-state index in [1.165, 1.54) is 18.2 Å². The van der Waals surface area contributed by atoms with Crippen molar-refractivity contribution in [3.63, 3.8) is 0 Å². The molecule has 0 radical (unpaired) electrons. The van der Waals surface area contributed by atoms with Crippen LogP contribution >= 0.6 is 0 Å². The molecule has 204 valence electrons. The van der Waals surface area contributed by atoms with E-state index in [1.807, 2.05) is 0 Å². The zero-order chi connectivity index (χ0) is 27.6. The number of ether oxygens (including phenoxy) is 3. The SMILES string of the molecule is CS(=O)(=O)c1ccc(OCC(=O)NCC[C@H](O)CNC(=O)COc2ccc(OC(F)(F)F)cc2)cc1F. The van der Waals surface area contributed by atoms with Crippen molar-refractivity contribution in [1.29, 1.82) is 0 Å². The van der Waals surface area contributed by atoms with Gasteiger partial charge in [0.1, 0.15) is 28.0 Å². The summed E-state index contributed by atoms with van der Waals surface area (Å²) in [7, 11) is -3.74. The fourth-order valence-corrected chi connectivity index (χ4v) is 3.45. The Balaban J connectivity index is 1.61. The Morgan fingerprint density at radius 2 is 1.49 bits per heavy atom. The van der Waals surface area contributed by atoms with Crippen LogP contribution in [0, 0.1) is 5.82 Å². The molecular weight excluding hydrogens is 528 g/mol. The van der Waals surface area contributed by atoms with E-state index in [1.54, 1.807) is 0 Å². The second kappa shape index (κ2) is 13.1. The van der Waals surface area contributed by atoms with Crippen molar-refractivity contribution in [2.75, 3.05) is 32.6 Å². The standard InChI is InChI=1S/C22H24F4N2O8S/c1-37(32,33)19-7-6-17(10-18(19)23)35-12-20(30)27-9-8-14(29)11-28-21(31)13-34-15-2-4-16(5-3-15)36-22(24,25)26/h2-7,10,14,29H,8-9,11-13H2,1H3,(H,27,30)(H,28,31)/t14-/m0/s1. The number of hydrogen-bond donors (Lipinski definition) is 3. The highest BCUT2D eigenvalue weighted by Gasteiger charge is 2.31. The van der Waals surface area contributed by atoms with Gasteiger partial charge in [-0.3, -0.25) is 9.59 Å². The summed E-state index contributed by atoms with van der Waals surface area (Å²) in [5, 5.41) is 14.8. The number of alkyl halides is 3. The highest BCUT2D eigenvalue weighted by molar-refractivity contribution is 7.90. The first-order chi connectivity index (χ1) is 17.2. The molecule has 37 heavy (non-hydrogen) atoms. The first kappa shape index (κ1) is 29.6. The van der Waals surface area contributed by atoms with E-state index < -0.39 is 63.8 Å². The van der Waals surface area contributed by atoms with E-state index in [9.17, 15) is 40.7 Å². The lowest BCUT2D eigenvalue weighted by Gasteiger charge is -2.13. The van der Waals surface area contributed by atoms with Crippen LogP contribution in [0.15, 0.2) is 47.4 Å². The van der Waals surface area contributed by atoms with Gasteiger partial charge in [0.15, 0.2) is 23.1 Å². The number of benzene rings is 2. The van der Waals surface area contributed by atoms with E-state index in [-0.39, 0.29) is 31.0 Å². The van der Waals surface area contributed by atoms with Crippen molar-refractivity contribution in [2.24, 2.45) is 0 Å². The fourth-order valence-electron chi connectivity index (χ4n) is 2.72. The lowest BCUT2D eigenvalue weighted by atomic mass is 10.2. The summed E-state index contributed by atoms with van der Waals surface area (Å²) >= 11 is 0. The summed E-state index contributed by atoms with van der Waals surface area (Å²) in [4.78, 5) is 23.1. The van der Waals surface area contributed by atoms with Crippen molar-refractivity contribution in [3.05, 3.63) is 48.3 Å². The molecule has 0 aromatic heterocycles. The van der Waals surface area contributed by atoms with Crippen LogP contribution in [0.1, 0.15) is 6.42 Å². The monoisotopic (exact) mass is 552 g/mol. The van der Waals surface area contributed by atoms with E-state index >= 15 is 0 Å². The minimum absolute atomic E-state index is 0.0312. The molecule has 15 heteroatoms. The molecule has 0 heterocycles. The fraction of sp³-hybridized carbons (Fsp3) is 0.364. The molecule has 0 saturated carbocycles. The Morgan fingerprint density at radius 3 is 2.05 bits per heavy atom. The van der Waals surface area contributed by atoms with Crippen LogP contribution in [0.5, 0.6) is 17.2 Å². The zero-order valence-corrected chi connectivity index (χ0v) is 20.2. The Bertz CT molecular complexity index is 1170. The number of aliphatic hydroxyl groups is 1. The summed E-state index contributed by atoms with van der Waals surface area (Å²) < 4.78 is 87.0. The van der Waals surface area contributed by atoms with Gasteiger partial charge >= 0.3 is 6.36 Å². The molecule has 1 atom stereocenters. The predicted molar refractivity (Wildman–Crippen MR) is 120 cm³/mol. The summed E-state index contributed by atoms with van der Waals surface area (Å²) in [6.07, 6.45) is -4.90. The van der Waals surface area contributed by atoms with Crippen LogP contribution in [0.25, 0.3) is 0 Å². The van der Waals surface area contributed by atoms with Gasteiger partial charge in [-0.05, 0) is 42.8 Å². The molecule has 0 saturated heterocycles. The van der Waals surface area contributed by atoms with Gasteiger partial charge in [-0.25, -0.2) is 12.8 Å². The molecule has 0 bridgehead atoms. The number of aliphatic hydroxyl groups excluding tert-OH is 1. The number of sulfone groups is 1. The molecule has 2 rings (SSSR count). The molecular formula is C22H24F4N2O8S. The molecule has 0 aliphatic heterocycles. The molecule has 0 unspecified atom stereocenters. The second-order valence-electron chi connectivity index (χ2n) is 7.56. The molecule has 0 spiro atoms. The highest BCUT2D eigenvalue weighted by atomic mass is 32.2. The molecule has 2 aromatic carbocycles. The molecule has 10 nitrogen and oxygen atoms in total. The topological polar surface area (TPSA) is 140 Å². The minimum atomic E-state index is -4.82. The summed E-state index contributed by atoms with van der Waals surface area (Å²) in [5.74, 6) is -2.54. The summed E-state index contributed by atoms with van der Waals surface area (Å²) in [5.41, 5.74) is 0. The third-order valence-corrected chi connectivity index (χ3v) is 5.56. The van der Waals surface area contributed by atoms with E-state index in [4.69, 9.17) is 9.47 Å². The Labute approximate surface area is 209 Å². The van der Waals surface area contributed by atoms with Gasteiger partial charge in [0.05, 0.1) is 6.10 Å². The van der Waals surface area contributed by atoms with Gasteiger partial charge < -0.3 is 30.0 Å². The highest BCUT2D eigenvalue weighted by Crippen LogP contribution is 2.24. The van der Waals surface area contributed by atoms with Gasteiger partial charge in [-0.1, -0.05) is 0 Å². The maximum atomic E-state index is 13.8. The smallest absolute Gasteiger partial charge is 0.484 e. The van der Waals surface area contributed by atoms with E-state index in [0.717, 1.165) is 30.5 Å². The van der Waals surface area contributed by atoms with Crippen molar-refractivity contribution in [2.45, 2.75) is 23.8 Å².